The van der Waals surface area contributed by atoms with Crippen molar-refractivity contribution in [3.8, 4) is 0 Å². The van der Waals surface area contributed by atoms with Gasteiger partial charge in [-0.1, -0.05) is 13.8 Å². The Kier molecular flexibility index (Phi) is 2.89. The van der Waals surface area contributed by atoms with Crippen LogP contribution in [0.4, 0.5) is 0 Å². The predicted molar refractivity (Wildman–Crippen MR) is 53.7 cm³/mol. The van der Waals surface area contributed by atoms with Crippen LogP contribution in [0, 0.1) is 11.8 Å². The Hall–Kier alpha value is -0.0800. The monoisotopic (exact) mass is 183 g/mol. The minimum absolute atomic E-state index is 0.555. The summed E-state index contributed by atoms with van der Waals surface area (Å²) in [4.78, 5) is 2.58. The van der Waals surface area contributed by atoms with E-state index in [9.17, 15) is 0 Å². The molecule has 2 bridgehead atoms. The quantitative estimate of drug-likeness (QED) is 0.614. The molecule has 0 spiro atoms. The fraction of sp³-hybridized carbons (Fsp3) is 1.00. The van der Waals surface area contributed by atoms with Crippen molar-refractivity contribution >= 4 is 0 Å². The Labute approximate surface area is 81.3 Å². The third-order valence-corrected chi connectivity index (χ3v) is 3.53. The summed E-state index contributed by atoms with van der Waals surface area (Å²) in [5.41, 5.74) is 0. The molecule has 13 heavy (non-hydrogen) atoms. The Morgan fingerprint density at radius 3 is 2.92 bits per heavy atom. The van der Waals surface area contributed by atoms with Gasteiger partial charge in [0.15, 0.2) is 0 Å². The summed E-state index contributed by atoms with van der Waals surface area (Å²) in [7, 11) is 0. The van der Waals surface area contributed by atoms with E-state index in [1.807, 2.05) is 0 Å². The van der Waals surface area contributed by atoms with Crippen LogP contribution in [0.25, 0.3) is 0 Å². The average molecular weight is 183 g/mol. The van der Waals surface area contributed by atoms with Crippen molar-refractivity contribution < 1.29 is 4.74 Å². The molecule has 3 atom stereocenters. The lowest BCUT2D eigenvalue weighted by Gasteiger charge is -2.29. The van der Waals surface area contributed by atoms with Crippen LogP contribution in [0.3, 0.4) is 0 Å². The zero-order valence-corrected chi connectivity index (χ0v) is 8.83. The van der Waals surface area contributed by atoms with Gasteiger partial charge in [-0.25, -0.2) is 0 Å². The van der Waals surface area contributed by atoms with E-state index in [4.69, 9.17) is 4.74 Å². The fourth-order valence-electron chi connectivity index (χ4n) is 2.47. The van der Waals surface area contributed by atoms with Gasteiger partial charge in [-0.15, -0.1) is 0 Å². The summed E-state index contributed by atoms with van der Waals surface area (Å²) in [6.07, 6.45) is 3.09. The van der Waals surface area contributed by atoms with Crippen LogP contribution in [-0.4, -0.2) is 37.2 Å². The number of hydrogen-bond donors (Lipinski definition) is 0. The number of hydrogen-bond acceptors (Lipinski definition) is 2. The molecule has 76 valence electrons. The first-order valence-corrected chi connectivity index (χ1v) is 5.59. The molecule has 3 unspecified atom stereocenters. The van der Waals surface area contributed by atoms with Crippen LogP contribution in [0.5, 0.6) is 0 Å². The molecule has 2 rings (SSSR count). The van der Waals surface area contributed by atoms with Crippen molar-refractivity contribution in [3.63, 3.8) is 0 Å². The Morgan fingerprint density at radius 1 is 1.31 bits per heavy atom. The van der Waals surface area contributed by atoms with E-state index in [1.165, 1.54) is 25.9 Å². The highest BCUT2D eigenvalue weighted by Crippen LogP contribution is 2.26. The van der Waals surface area contributed by atoms with Gasteiger partial charge in [-0.3, -0.25) is 0 Å². The van der Waals surface area contributed by atoms with Crippen molar-refractivity contribution in [2.75, 3.05) is 26.2 Å². The highest BCUT2D eigenvalue weighted by Gasteiger charge is 2.28. The minimum Gasteiger partial charge on any atom is -0.377 e. The van der Waals surface area contributed by atoms with Gasteiger partial charge in [0, 0.05) is 19.6 Å². The second-order valence-electron chi connectivity index (χ2n) is 4.82. The number of nitrogens with zero attached hydrogens (tertiary/aromatic N) is 1. The molecule has 2 nitrogen and oxygen atoms in total. The molecule has 0 aromatic rings. The highest BCUT2D eigenvalue weighted by atomic mass is 16.5. The lowest BCUT2D eigenvalue weighted by molar-refractivity contribution is 0.0238. The maximum Gasteiger partial charge on any atom is 0.0597 e. The van der Waals surface area contributed by atoms with Gasteiger partial charge in [-0.05, 0) is 24.7 Å². The third kappa shape index (κ3) is 2.23. The second-order valence-corrected chi connectivity index (χ2v) is 4.82. The molecule has 0 aromatic carbocycles. The van der Waals surface area contributed by atoms with Crippen molar-refractivity contribution in [1.29, 1.82) is 0 Å². The molecule has 2 aliphatic rings. The normalized spacial score (nSPS) is 40.4. The third-order valence-electron chi connectivity index (χ3n) is 3.53. The standard InChI is InChI=1S/C11H21NO/c1-9(2)10-7-11-3-4-12(8-10)5-6-13-11/h9-11H,3-8H2,1-2H3. The van der Waals surface area contributed by atoms with E-state index in [2.05, 4.69) is 18.7 Å². The molecular formula is C11H21NO. The van der Waals surface area contributed by atoms with Crippen molar-refractivity contribution in [2.45, 2.75) is 32.8 Å². The highest BCUT2D eigenvalue weighted by molar-refractivity contribution is 4.80. The summed E-state index contributed by atoms with van der Waals surface area (Å²) in [5, 5.41) is 0. The molecule has 0 saturated carbocycles. The first kappa shape index (κ1) is 9.47. The van der Waals surface area contributed by atoms with E-state index in [-0.39, 0.29) is 0 Å². The van der Waals surface area contributed by atoms with Crippen LogP contribution in [-0.2, 0) is 4.74 Å². The first-order valence-electron chi connectivity index (χ1n) is 5.59. The van der Waals surface area contributed by atoms with Gasteiger partial charge in [0.2, 0.25) is 0 Å². The molecule has 2 saturated heterocycles. The predicted octanol–water partition coefficient (Wildman–Crippen LogP) is 1.75. The fourth-order valence-corrected chi connectivity index (χ4v) is 2.47. The molecule has 2 heterocycles. The molecule has 2 heteroatoms. The van der Waals surface area contributed by atoms with E-state index in [1.54, 1.807) is 0 Å². The van der Waals surface area contributed by atoms with Crippen LogP contribution >= 0.6 is 0 Å². The summed E-state index contributed by atoms with van der Waals surface area (Å²) in [6, 6.07) is 0. The van der Waals surface area contributed by atoms with E-state index >= 15 is 0 Å². The lowest BCUT2D eigenvalue weighted by Crippen LogP contribution is -2.34. The summed E-state index contributed by atoms with van der Waals surface area (Å²) < 4.78 is 5.81. The molecule has 0 aliphatic carbocycles. The molecule has 2 fully saturated rings. The molecule has 0 radical (unpaired) electrons. The van der Waals surface area contributed by atoms with Crippen LogP contribution in [0.15, 0.2) is 0 Å². The van der Waals surface area contributed by atoms with Gasteiger partial charge < -0.3 is 9.64 Å². The molecule has 0 N–H and O–H groups in total. The summed E-state index contributed by atoms with van der Waals surface area (Å²) in [6.45, 7) is 9.35. The number of ether oxygens (including phenoxy) is 1. The van der Waals surface area contributed by atoms with Gasteiger partial charge in [0.25, 0.3) is 0 Å². The second kappa shape index (κ2) is 3.97. The van der Waals surface area contributed by atoms with Gasteiger partial charge in [0.05, 0.1) is 12.7 Å². The summed E-state index contributed by atoms with van der Waals surface area (Å²) >= 11 is 0. The Balaban J connectivity index is 2.03. The SMILES string of the molecule is CC(C)C1CC2CCN(CCO2)C1. The van der Waals surface area contributed by atoms with Crippen molar-refractivity contribution in [1.82, 2.24) is 4.90 Å². The topological polar surface area (TPSA) is 12.5 Å². The Bertz CT molecular complexity index is 155. The first-order chi connectivity index (χ1) is 6.25. The van der Waals surface area contributed by atoms with E-state index in [0.29, 0.717) is 6.10 Å². The van der Waals surface area contributed by atoms with Crippen molar-refractivity contribution in [2.24, 2.45) is 11.8 Å². The maximum atomic E-state index is 5.81. The van der Waals surface area contributed by atoms with Crippen LogP contribution < -0.4 is 0 Å². The number of fused-ring (bicyclic) bond motifs is 3. The molecule has 0 aromatic heterocycles. The van der Waals surface area contributed by atoms with E-state index < -0.39 is 0 Å². The van der Waals surface area contributed by atoms with Crippen molar-refractivity contribution in [3.05, 3.63) is 0 Å². The van der Waals surface area contributed by atoms with Crippen LogP contribution in [0.1, 0.15) is 26.7 Å². The van der Waals surface area contributed by atoms with Gasteiger partial charge in [0.1, 0.15) is 0 Å². The Morgan fingerprint density at radius 2 is 2.15 bits per heavy atom. The van der Waals surface area contributed by atoms with Gasteiger partial charge >= 0.3 is 0 Å². The maximum absolute atomic E-state index is 5.81. The molecule has 0 amide bonds. The van der Waals surface area contributed by atoms with Crippen LogP contribution in [0.2, 0.25) is 0 Å². The molecule has 2 aliphatic heterocycles. The van der Waals surface area contributed by atoms with Gasteiger partial charge in [-0.2, -0.15) is 0 Å². The zero-order valence-electron chi connectivity index (χ0n) is 8.83. The van der Waals surface area contributed by atoms with E-state index in [0.717, 1.165) is 25.0 Å². The minimum atomic E-state index is 0.555. The smallest absolute Gasteiger partial charge is 0.0597 e. The number of rotatable bonds is 1. The largest absolute Gasteiger partial charge is 0.377 e. The molecular weight excluding hydrogens is 162 g/mol. The average Bonchev–Trinajstić information content (AvgIpc) is 2.34. The lowest BCUT2D eigenvalue weighted by atomic mass is 9.90. The zero-order chi connectivity index (χ0) is 9.26. The summed E-state index contributed by atoms with van der Waals surface area (Å²) in [5.74, 6) is 1.66.